The molecule has 6 heteroatoms. The molecule has 20 heavy (non-hydrogen) atoms. The molecule has 102 valence electrons. The van der Waals surface area contributed by atoms with Crippen LogP contribution in [0.3, 0.4) is 0 Å². The van der Waals surface area contributed by atoms with Gasteiger partial charge in [0.1, 0.15) is 23.9 Å². The van der Waals surface area contributed by atoms with Gasteiger partial charge in [0.05, 0.1) is 0 Å². The van der Waals surface area contributed by atoms with E-state index in [1.807, 2.05) is 18.2 Å². The van der Waals surface area contributed by atoms with E-state index in [-0.39, 0.29) is 5.69 Å². The molecule has 0 saturated carbocycles. The molecule has 0 aliphatic carbocycles. The molecular formula is C14H11NO4S. The highest BCUT2D eigenvalue weighted by atomic mass is 32.2. The predicted octanol–water partition coefficient (Wildman–Crippen LogP) is 2.70. The van der Waals surface area contributed by atoms with Crippen molar-refractivity contribution in [2.75, 3.05) is 13.2 Å². The van der Waals surface area contributed by atoms with E-state index in [4.69, 9.17) is 14.6 Å². The number of aromatic carboxylic acids is 1. The second-order valence-electron chi connectivity index (χ2n) is 4.07. The largest absolute Gasteiger partial charge is 0.486 e. The van der Waals surface area contributed by atoms with Crippen molar-refractivity contribution in [3.05, 3.63) is 42.1 Å². The van der Waals surface area contributed by atoms with Crippen LogP contribution in [0.4, 0.5) is 0 Å². The number of hydrogen-bond acceptors (Lipinski definition) is 5. The van der Waals surface area contributed by atoms with E-state index in [1.54, 1.807) is 12.1 Å². The summed E-state index contributed by atoms with van der Waals surface area (Å²) >= 11 is 1.38. The SMILES string of the molecule is O=C(O)c1cccc(Sc2ccc3c(c2)OCCO3)n1. The molecule has 0 unspecified atom stereocenters. The number of benzene rings is 1. The van der Waals surface area contributed by atoms with Gasteiger partial charge < -0.3 is 14.6 Å². The van der Waals surface area contributed by atoms with Crippen molar-refractivity contribution in [3.8, 4) is 11.5 Å². The zero-order chi connectivity index (χ0) is 13.9. The molecule has 0 amide bonds. The summed E-state index contributed by atoms with van der Waals surface area (Å²) in [6.07, 6.45) is 0. The Balaban J connectivity index is 1.84. The second-order valence-corrected chi connectivity index (χ2v) is 5.17. The third kappa shape index (κ3) is 2.70. The van der Waals surface area contributed by atoms with Crippen molar-refractivity contribution < 1.29 is 19.4 Å². The first kappa shape index (κ1) is 12.8. The topological polar surface area (TPSA) is 68.7 Å². The Morgan fingerprint density at radius 1 is 1.15 bits per heavy atom. The molecule has 0 spiro atoms. The molecule has 0 saturated heterocycles. The van der Waals surface area contributed by atoms with Gasteiger partial charge in [-0.2, -0.15) is 0 Å². The molecule has 0 bridgehead atoms. The number of nitrogens with zero attached hydrogens (tertiary/aromatic N) is 1. The van der Waals surface area contributed by atoms with Gasteiger partial charge in [-0.15, -0.1) is 0 Å². The molecule has 1 aliphatic heterocycles. The average Bonchev–Trinajstić information content (AvgIpc) is 2.47. The number of aromatic nitrogens is 1. The standard InChI is InChI=1S/C14H11NO4S/c16-14(17)10-2-1-3-13(15-10)20-9-4-5-11-12(8-9)19-7-6-18-11/h1-5,8H,6-7H2,(H,16,17). The third-order valence-corrected chi connectivity index (χ3v) is 3.60. The van der Waals surface area contributed by atoms with Gasteiger partial charge in [-0.25, -0.2) is 9.78 Å². The fourth-order valence-electron chi connectivity index (χ4n) is 1.80. The van der Waals surface area contributed by atoms with Gasteiger partial charge in [-0.1, -0.05) is 17.8 Å². The van der Waals surface area contributed by atoms with Crippen molar-refractivity contribution >= 4 is 17.7 Å². The Hall–Kier alpha value is -2.21. The smallest absolute Gasteiger partial charge is 0.354 e. The second kappa shape index (κ2) is 5.42. The first-order chi connectivity index (χ1) is 9.72. The van der Waals surface area contributed by atoms with Crippen LogP contribution < -0.4 is 9.47 Å². The van der Waals surface area contributed by atoms with Crippen LogP contribution in [-0.2, 0) is 0 Å². The minimum atomic E-state index is -1.03. The molecule has 2 heterocycles. The highest BCUT2D eigenvalue weighted by molar-refractivity contribution is 7.99. The first-order valence-electron chi connectivity index (χ1n) is 6.00. The van der Waals surface area contributed by atoms with Gasteiger partial charge >= 0.3 is 5.97 Å². The van der Waals surface area contributed by atoms with E-state index in [0.29, 0.717) is 24.0 Å². The number of carbonyl (C=O) groups is 1. The minimum Gasteiger partial charge on any atom is -0.486 e. The highest BCUT2D eigenvalue weighted by Crippen LogP contribution is 2.36. The van der Waals surface area contributed by atoms with E-state index in [1.165, 1.54) is 17.8 Å². The highest BCUT2D eigenvalue weighted by Gasteiger charge is 2.13. The predicted molar refractivity (Wildman–Crippen MR) is 72.8 cm³/mol. The van der Waals surface area contributed by atoms with Crippen molar-refractivity contribution in [3.63, 3.8) is 0 Å². The van der Waals surface area contributed by atoms with E-state index < -0.39 is 5.97 Å². The van der Waals surface area contributed by atoms with Crippen LogP contribution in [0, 0.1) is 0 Å². The molecule has 2 aromatic rings. The molecule has 0 radical (unpaired) electrons. The number of fused-ring (bicyclic) bond motifs is 1. The zero-order valence-corrected chi connectivity index (χ0v) is 11.2. The lowest BCUT2D eigenvalue weighted by Gasteiger charge is -2.18. The van der Waals surface area contributed by atoms with Crippen LogP contribution in [0.15, 0.2) is 46.3 Å². The fraction of sp³-hybridized carbons (Fsp3) is 0.143. The normalized spacial score (nSPS) is 13.0. The number of pyridine rings is 1. The summed E-state index contributed by atoms with van der Waals surface area (Å²) in [5.41, 5.74) is 0.0348. The van der Waals surface area contributed by atoms with Crippen LogP contribution in [-0.4, -0.2) is 29.3 Å². The van der Waals surface area contributed by atoms with E-state index >= 15 is 0 Å². The van der Waals surface area contributed by atoms with Gasteiger partial charge in [0.25, 0.3) is 0 Å². The molecule has 5 nitrogen and oxygen atoms in total. The zero-order valence-electron chi connectivity index (χ0n) is 10.4. The number of carboxylic acids is 1. The van der Waals surface area contributed by atoms with Crippen molar-refractivity contribution in [1.82, 2.24) is 4.98 Å². The summed E-state index contributed by atoms with van der Waals surface area (Å²) in [5, 5.41) is 9.55. The van der Waals surface area contributed by atoms with Crippen LogP contribution in [0.5, 0.6) is 11.5 Å². The number of hydrogen-bond donors (Lipinski definition) is 1. The summed E-state index contributed by atoms with van der Waals surface area (Å²) in [5.74, 6) is 0.401. The molecular weight excluding hydrogens is 278 g/mol. The fourth-order valence-corrected chi connectivity index (χ4v) is 2.63. The average molecular weight is 289 g/mol. The Morgan fingerprint density at radius 3 is 2.75 bits per heavy atom. The van der Waals surface area contributed by atoms with Crippen molar-refractivity contribution in [1.29, 1.82) is 0 Å². The van der Waals surface area contributed by atoms with Gasteiger partial charge in [0.15, 0.2) is 11.5 Å². The number of carboxylic acid groups (broad SMARTS) is 1. The van der Waals surface area contributed by atoms with E-state index in [2.05, 4.69) is 4.98 Å². The molecule has 1 aromatic carbocycles. The number of rotatable bonds is 3. The van der Waals surface area contributed by atoms with E-state index in [0.717, 1.165) is 10.6 Å². The Labute approximate surface area is 119 Å². The van der Waals surface area contributed by atoms with Gasteiger partial charge in [-0.3, -0.25) is 0 Å². The molecule has 0 fully saturated rings. The maximum absolute atomic E-state index is 10.9. The third-order valence-electron chi connectivity index (χ3n) is 2.68. The summed E-state index contributed by atoms with van der Waals surface area (Å²) < 4.78 is 11.0. The Bertz CT molecular complexity index is 659. The lowest BCUT2D eigenvalue weighted by molar-refractivity contribution is 0.0689. The monoisotopic (exact) mass is 289 g/mol. The number of ether oxygens (including phenoxy) is 2. The van der Waals surface area contributed by atoms with E-state index in [9.17, 15) is 4.79 Å². The van der Waals surface area contributed by atoms with Crippen LogP contribution in [0.25, 0.3) is 0 Å². The first-order valence-corrected chi connectivity index (χ1v) is 6.82. The Morgan fingerprint density at radius 2 is 1.95 bits per heavy atom. The maximum atomic E-state index is 10.9. The van der Waals surface area contributed by atoms with Gasteiger partial charge in [-0.05, 0) is 30.3 Å². The lowest BCUT2D eigenvalue weighted by Crippen LogP contribution is -2.15. The van der Waals surface area contributed by atoms with Gasteiger partial charge in [0, 0.05) is 4.90 Å². The van der Waals surface area contributed by atoms with Crippen molar-refractivity contribution in [2.45, 2.75) is 9.92 Å². The molecule has 1 aliphatic rings. The molecule has 3 rings (SSSR count). The van der Waals surface area contributed by atoms with Crippen LogP contribution >= 0.6 is 11.8 Å². The summed E-state index contributed by atoms with van der Waals surface area (Å²) in [4.78, 5) is 15.9. The minimum absolute atomic E-state index is 0.0348. The lowest BCUT2D eigenvalue weighted by atomic mass is 10.3. The van der Waals surface area contributed by atoms with Crippen LogP contribution in [0.2, 0.25) is 0 Å². The molecule has 1 aromatic heterocycles. The molecule has 1 N–H and O–H groups in total. The quantitative estimate of drug-likeness (QED) is 0.937. The summed E-state index contributed by atoms with van der Waals surface area (Å²) in [6, 6.07) is 10.5. The van der Waals surface area contributed by atoms with Gasteiger partial charge in [0.2, 0.25) is 0 Å². The van der Waals surface area contributed by atoms with Crippen molar-refractivity contribution in [2.24, 2.45) is 0 Å². The molecule has 0 atom stereocenters. The Kier molecular flexibility index (Phi) is 3.47. The summed E-state index contributed by atoms with van der Waals surface area (Å²) in [6.45, 7) is 1.09. The summed E-state index contributed by atoms with van der Waals surface area (Å²) in [7, 11) is 0. The van der Waals surface area contributed by atoms with Crippen LogP contribution in [0.1, 0.15) is 10.5 Å². The maximum Gasteiger partial charge on any atom is 0.354 e.